The molecule has 40 heavy (non-hydrogen) atoms. The fourth-order valence-electron chi connectivity index (χ4n) is 4.58. The molecule has 0 unspecified atom stereocenters. The summed E-state index contributed by atoms with van der Waals surface area (Å²) < 4.78 is 67.7. The van der Waals surface area contributed by atoms with Gasteiger partial charge in [-0.1, -0.05) is 18.0 Å². The highest BCUT2D eigenvalue weighted by atomic mass is 35.5. The van der Waals surface area contributed by atoms with E-state index in [1.54, 1.807) is 0 Å². The molecule has 0 aliphatic carbocycles. The van der Waals surface area contributed by atoms with E-state index in [1.165, 1.54) is 36.2 Å². The molecule has 0 bridgehead atoms. The molecule has 0 spiro atoms. The fraction of sp³-hybridized carbons (Fsp3) is 0.440. The minimum absolute atomic E-state index is 0.0661. The van der Waals surface area contributed by atoms with Crippen LogP contribution < -0.4 is 10.2 Å². The highest BCUT2D eigenvalue weighted by molar-refractivity contribution is 7.89. The van der Waals surface area contributed by atoms with Crippen LogP contribution in [-0.2, 0) is 19.6 Å². The molecule has 2 aliphatic heterocycles. The Balaban J connectivity index is 1.47. The number of carbonyl (C=O) groups excluding carboxylic acids is 2. The van der Waals surface area contributed by atoms with Crippen molar-refractivity contribution < 1.29 is 41.5 Å². The first-order valence-electron chi connectivity index (χ1n) is 12.6. The number of nitrogens with zero attached hydrogens (tertiary/aromatic N) is 3. The van der Waals surface area contributed by atoms with Crippen LogP contribution in [0, 0.1) is 11.6 Å². The first-order valence-corrected chi connectivity index (χ1v) is 14.4. The second kappa shape index (κ2) is 13.1. The van der Waals surface area contributed by atoms with Crippen molar-refractivity contribution in [1.82, 2.24) is 19.6 Å². The van der Waals surface area contributed by atoms with Gasteiger partial charge in [-0.25, -0.2) is 27.5 Å². The van der Waals surface area contributed by atoms with E-state index in [9.17, 15) is 32.0 Å². The standard InChI is InChI=1S/C25H29ClF2N4O7S/c26-17-4-6-18(7-5-17)39-23-20(27)14-19(15-21(23)28)40(36,37)32-11-10-31(16-22(32)24(33)29-35)25(34)38-13-12-30-8-2-1-3-9-30/h4-7,14-15,22,35H,1-3,8-13,16H2,(H,29,33)/t22-/m1/s1. The zero-order valence-corrected chi connectivity index (χ0v) is 23.0. The molecule has 2 amide bonds. The minimum Gasteiger partial charge on any atom is -0.451 e. The molecule has 0 saturated carbocycles. The Kier molecular flexibility index (Phi) is 9.79. The Hall–Kier alpha value is -3.04. The molecule has 2 heterocycles. The van der Waals surface area contributed by atoms with Crippen molar-refractivity contribution in [3.63, 3.8) is 0 Å². The molecule has 2 aliphatic rings. The van der Waals surface area contributed by atoms with Crippen molar-refractivity contribution in [3.05, 3.63) is 53.1 Å². The summed E-state index contributed by atoms with van der Waals surface area (Å²) in [6, 6.07) is 5.20. The van der Waals surface area contributed by atoms with Gasteiger partial charge < -0.3 is 14.4 Å². The van der Waals surface area contributed by atoms with Gasteiger partial charge >= 0.3 is 6.09 Å². The number of nitrogens with one attached hydrogen (secondary N) is 1. The van der Waals surface area contributed by atoms with Crippen LogP contribution in [-0.4, -0.2) is 91.6 Å². The van der Waals surface area contributed by atoms with Gasteiger partial charge in [0.05, 0.1) is 4.90 Å². The maximum Gasteiger partial charge on any atom is 0.409 e. The van der Waals surface area contributed by atoms with Crippen molar-refractivity contribution in [2.24, 2.45) is 0 Å². The summed E-state index contributed by atoms with van der Waals surface area (Å²) in [5.41, 5.74) is 1.39. The van der Waals surface area contributed by atoms with Gasteiger partial charge in [0.2, 0.25) is 10.0 Å². The van der Waals surface area contributed by atoms with E-state index in [1.807, 2.05) is 0 Å². The van der Waals surface area contributed by atoms with Crippen LogP contribution in [0.4, 0.5) is 13.6 Å². The van der Waals surface area contributed by atoms with E-state index >= 15 is 0 Å². The molecule has 0 radical (unpaired) electrons. The molecule has 15 heteroatoms. The highest BCUT2D eigenvalue weighted by Crippen LogP contribution is 2.32. The van der Waals surface area contributed by atoms with Crippen LogP contribution in [0.1, 0.15) is 19.3 Å². The average molecular weight is 603 g/mol. The smallest absolute Gasteiger partial charge is 0.409 e. The fourth-order valence-corrected chi connectivity index (χ4v) is 6.30. The normalized spacial score (nSPS) is 18.8. The van der Waals surface area contributed by atoms with E-state index in [4.69, 9.17) is 21.1 Å². The van der Waals surface area contributed by atoms with Gasteiger partial charge in [0, 0.05) is 31.2 Å². The third kappa shape index (κ3) is 6.99. The lowest BCUT2D eigenvalue weighted by molar-refractivity contribution is -0.134. The Bertz CT molecular complexity index is 1300. The van der Waals surface area contributed by atoms with Gasteiger partial charge in [0.25, 0.3) is 5.91 Å². The number of amides is 2. The maximum absolute atomic E-state index is 14.8. The van der Waals surface area contributed by atoms with E-state index in [0.29, 0.717) is 28.0 Å². The summed E-state index contributed by atoms with van der Waals surface area (Å²) in [6.07, 6.45) is 2.58. The SMILES string of the molecule is O=C(NO)[C@H]1CN(C(=O)OCCN2CCCCC2)CCN1S(=O)(=O)c1cc(F)c(Oc2ccc(Cl)cc2)c(F)c1. The number of halogens is 3. The van der Waals surface area contributed by atoms with Crippen LogP contribution in [0.25, 0.3) is 0 Å². The predicted octanol–water partition coefficient (Wildman–Crippen LogP) is 3.21. The summed E-state index contributed by atoms with van der Waals surface area (Å²) in [4.78, 5) is 27.6. The van der Waals surface area contributed by atoms with Crippen LogP contribution in [0.15, 0.2) is 41.3 Å². The summed E-state index contributed by atoms with van der Waals surface area (Å²) in [5, 5.41) is 9.60. The van der Waals surface area contributed by atoms with Crippen LogP contribution in [0.3, 0.4) is 0 Å². The molecule has 2 saturated heterocycles. The monoisotopic (exact) mass is 602 g/mol. The van der Waals surface area contributed by atoms with Crippen molar-refractivity contribution in [1.29, 1.82) is 0 Å². The zero-order chi connectivity index (χ0) is 28.9. The molecule has 11 nitrogen and oxygen atoms in total. The highest BCUT2D eigenvalue weighted by Gasteiger charge is 2.42. The Labute approximate surface area is 235 Å². The average Bonchev–Trinajstić information content (AvgIpc) is 2.95. The number of rotatable bonds is 8. The van der Waals surface area contributed by atoms with Crippen LogP contribution in [0.2, 0.25) is 5.02 Å². The molecule has 2 N–H and O–H groups in total. The van der Waals surface area contributed by atoms with Crippen molar-refractivity contribution in [3.8, 4) is 11.5 Å². The first-order chi connectivity index (χ1) is 19.1. The van der Waals surface area contributed by atoms with Gasteiger partial charge in [0.15, 0.2) is 17.4 Å². The van der Waals surface area contributed by atoms with Crippen molar-refractivity contribution >= 4 is 33.6 Å². The van der Waals surface area contributed by atoms with Gasteiger partial charge in [-0.3, -0.25) is 14.9 Å². The summed E-state index contributed by atoms with van der Waals surface area (Å²) in [5.74, 6) is -4.49. The van der Waals surface area contributed by atoms with Crippen LogP contribution in [0.5, 0.6) is 11.5 Å². The summed E-state index contributed by atoms with van der Waals surface area (Å²) >= 11 is 5.79. The van der Waals surface area contributed by atoms with Crippen LogP contribution >= 0.6 is 11.6 Å². The summed E-state index contributed by atoms with van der Waals surface area (Å²) in [7, 11) is -4.66. The molecular weight excluding hydrogens is 574 g/mol. The Morgan fingerprint density at radius 3 is 2.30 bits per heavy atom. The number of hydroxylamine groups is 1. The largest absolute Gasteiger partial charge is 0.451 e. The lowest BCUT2D eigenvalue weighted by Crippen LogP contribution is -2.61. The lowest BCUT2D eigenvalue weighted by Gasteiger charge is -2.38. The Morgan fingerprint density at radius 1 is 1.02 bits per heavy atom. The molecular formula is C25H29ClF2N4O7S. The molecule has 0 aromatic heterocycles. The number of piperazine rings is 1. The molecule has 2 aromatic rings. The molecule has 1 atom stereocenters. The molecule has 2 fully saturated rings. The molecule has 4 rings (SSSR count). The number of piperidine rings is 1. The van der Waals surface area contributed by atoms with E-state index in [2.05, 4.69) is 4.90 Å². The third-order valence-corrected chi connectivity index (χ3v) is 8.83. The Morgan fingerprint density at radius 2 is 1.68 bits per heavy atom. The number of hydrogen-bond donors (Lipinski definition) is 2. The zero-order valence-electron chi connectivity index (χ0n) is 21.4. The predicted molar refractivity (Wildman–Crippen MR) is 139 cm³/mol. The van der Waals surface area contributed by atoms with Gasteiger partial charge in [0.1, 0.15) is 18.4 Å². The van der Waals surface area contributed by atoms with Crippen molar-refractivity contribution in [2.45, 2.75) is 30.2 Å². The van der Waals surface area contributed by atoms with Gasteiger partial charge in [-0.15, -0.1) is 0 Å². The number of likely N-dealkylation sites (tertiary alicyclic amines) is 1. The maximum atomic E-state index is 14.8. The lowest BCUT2D eigenvalue weighted by atomic mass is 10.1. The van der Waals surface area contributed by atoms with E-state index < -0.39 is 63.4 Å². The summed E-state index contributed by atoms with van der Waals surface area (Å²) in [6.45, 7) is 1.52. The number of sulfonamides is 1. The van der Waals surface area contributed by atoms with E-state index in [-0.39, 0.29) is 18.9 Å². The first kappa shape index (κ1) is 29.9. The number of benzene rings is 2. The number of ether oxygens (including phenoxy) is 2. The van der Waals surface area contributed by atoms with Crippen molar-refractivity contribution in [2.75, 3.05) is 45.9 Å². The van der Waals surface area contributed by atoms with Gasteiger partial charge in [-0.2, -0.15) is 4.31 Å². The number of hydrogen-bond acceptors (Lipinski definition) is 8. The molecule has 2 aromatic carbocycles. The quantitative estimate of drug-likeness (QED) is 0.348. The second-order valence-corrected chi connectivity index (χ2v) is 11.7. The molecule has 218 valence electrons. The minimum atomic E-state index is -4.66. The number of carbonyl (C=O) groups is 2. The topological polar surface area (TPSA) is 129 Å². The van der Waals surface area contributed by atoms with E-state index in [0.717, 1.165) is 30.8 Å². The third-order valence-electron chi connectivity index (χ3n) is 6.70. The second-order valence-electron chi connectivity index (χ2n) is 9.34. The van der Waals surface area contributed by atoms with Gasteiger partial charge in [-0.05, 0) is 62.3 Å².